The fraction of sp³-hybridized carbons (Fsp3) is 0.111. The van der Waals surface area contributed by atoms with Crippen LogP contribution in [0.5, 0.6) is 0 Å². The van der Waals surface area contributed by atoms with Crippen molar-refractivity contribution in [2.45, 2.75) is 4.21 Å². The molecule has 13 heavy (non-hydrogen) atoms. The standard InChI is InChI=1S/C9H6ClIS2/c1-12-8-3-5-2-6(10)4-7(11)9(5)13-8/h2-4H,1H3. The first-order valence-corrected chi connectivity index (χ1v) is 7.13. The first kappa shape index (κ1) is 10.1. The van der Waals surface area contributed by atoms with E-state index in [1.54, 1.807) is 11.8 Å². The molecule has 0 N–H and O–H groups in total. The Morgan fingerprint density at radius 3 is 2.85 bits per heavy atom. The lowest BCUT2D eigenvalue weighted by molar-refractivity contribution is 1.74. The third kappa shape index (κ3) is 1.98. The summed E-state index contributed by atoms with van der Waals surface area (Å²) in [7, 11) is 0. The van der Waals surface area contributed by atoms with Gasteiger partial charge in [-0.3, -0.25) is 0 Å². The Labute approximate surface area is 104 Å². The molecule has 0 bridgehead atoms. The third-order valence-electron chi connectivity index (χ3n) is 1.71. The van der Waals surface area contributed by atoms with Gasteiger partial charge in [0.25, 0.3) is 0 Å². The van der Waals surface area contributed by atoms with Gasteiger partial charge in [0.1, 0.15) is 0 Å². The summed E-state index contributed by atoms with van der Waals surface area (Å²) in [4.78, 5) is 0. The van der Waals surface area contributed by atoms with E-state index < -0.39 is 0 Å². The molecule has 0 aliphatic rings. The summed E-state index contributed by atoms with van der Waals surface area (Å²) < 4.78 is 3.93. The predicted octanol–water partition coefficient (Wildman–Crippen LogP) is 4.88. The van der Waals surface area contributed by atoms with E-state index >= 15 is 0 Å². The summed E-state index contributed by atoms with van der Waals surface area (Å²) in [5.41, 5.74) is 0. The van der Waals surface area contributed by atoms with E-state index in [4.69, 9.17) is 11.6 Å². The van der Waals surface area contributed by atoms with E-state index in [1.165, 1.54) is 17.9 Å². The van der Waals surface area contributed by atoms with Gasteiger partial charge in [0.15, 0.2) is 0 Å². The average molecular weight is 341 g/mol. The second-order valence-electron chi connectivity index (χ2n) is 2.58. The average Bonchev–Trinajstić information content (AvgIpc) is 2.47. The monoisotopic (exact) mass is 340 g/mol. The molecule has 1 aromatic carbocycles. The highest BCUT2D eigenvalue weighted by molar-refractivity contribution is 14.1. The molecule has 0 unspecified atom stereocenters. The van der Waals surface area contributed by atoms with Crippen LogP contribution in [-0.2, 0) is 0 Å². The van der Waals surface area contributed by atoms with Gasteiger partial charge in [-0.2, -0.15) is 0 Å². The summed E-state index contributed by atoms with van der Waals surface area (Å²) in [5.74, 6) is 0. The van der Waals surface area contributed by atoms with E-state index in [2.05, 4.69) is 34.9 Å². The van der Waals surface area contributed by atoms with Gasteiger partial charge >= 0.3 is 0 Å². The molecule has 4 heteroatoms. The summed E-state index contributed by atoms with van der Waals surface area (Å²) in [5, 5.41) is 2.08. The summed E-state index contributed by atoms with van der Waals surface area (Å²) in [6, 6.07) is 6.22. The highest BCUT2D eigenvalue weighted by Gasteiger charge is 2.05. The number of rotatable bonds is 1. The number of benzene rings is 1. The van der Waals surface area contributed by atoms with Gasteiger partial charge in [-0.1, -0.05) is 11.6 Å². The Morgan fingerprint density at radius 1 is 1.38 bits per heavy atom. The molecule has 0 spiro atoms. The van der Waals surface area contributed by atoms with E-state index in [0.29, 0.717) is 0 Å². The minimum absolute atomic E-state index is 0.822. The van der Waals surface area contributed by atoms with Crippen LogP contribution in [0.3, 0.4) is 0 Å². The molecular formula is C9H6ClIS2. The number of halogens is 2. The van der Waals surface area contributed by atoms with Gasteiger partial charge in [0, 0.05) is 13.3 Å². The molecule has 0 aliphatic heterocycles. The topological polar surface area (TPSA) is 0 Å². The first-order valence-electron chi connectivity index (χ1n) is 3.63. The molecule has 0 nitrogen and oxygen atoms in total. The Kier molecular flexibility index (Phi) is 3.07. The molecule has 0 fully saturated rings. The van der Waals surface area contributed by atoms with Crippen LogP contribution in [0.1, 0.15) is 0 Å². The van der Waals surface area contributed by atoms with E-state index in [1.807, 2.05) is 23.5 Å². The van der Waals surface area contributed by atoms with Crippen molar-refractivity contribution in [3.63, 3.8) is 0 Å². The van der Waals surface area contributed by atoms with E-state index in [-0.39, 0.29) is 0 Å². The fourth-order valence-electron chi connectivity index (χ4n) is 1.15. The second kappa shape index (κ2) is 3.96. The number of hydrogen-bond donors (Lipinski definition) is 0. The van der Waals surface area contributed by atoms with Gasteiger partial charge in [-0.15, -0.1) is 23.1 Å². The zero-order chi connectivity index (χ0) is 9.42. The summed E-state index contributed by atoms with van der Waals surface area (Å²) >= 11 is 11.9. The van der Waals surface area contributed by atoms with Crippen LogP contribution in [0.15, 0.2) is 22.4 Å². The quantitative estimate of drug-likeness (QED) is 0.526. The van der Waals surface area contributed by atoms with Crippen LogP contribution in [0.25, 0.3) is 10.1 Å². The zero-order valence-corrected chi connectivity index (χ0v) is 11.4. The molecule has 0 saturated heterocycles. The van der Waals surface area contributed by atoms with Crippen molar-refractivity contribution in [3.05, 3.63) is 26.8 Å². The molecule has 0 radical (unpaired) electrons. The van der Waals surface area contributed by atoms with E-state index in [9.17, 15) is 0 Å². The van der Waals surface area contributed by atoms with Gasteiger partial charge in [-0.25, -0.2) is 0 Å². The van der Waals surface area contributed by atoms with Crippen molar-refractivity contribution < 1.29 is 0 Å². The van der Waals surface area contributed by atoms with Gasteiger partial charge in [0.05, 0.1) is 4.21 Å². The van der Waals surface area contributed by atoms with E-state index in [0.717, 1.165) is 5.02 Å². The lowest BCUT2D eigenvalue weighted by Crippen LogP contribution is -1.70. The molecule has 0 amide bonds. The molecule has 1 heterocycles. The maximum Gasteiger partial charge on any atom is 0.0608 e. The SMILES string of the molecule is CSc1cc2cc(Cl)cc(I)c2s1. The normalized spacial score (nSPS) is 11.0. The Bertz CT molecular complexity index is 450. The van der Waals surface area contributed by atoms with Crippen LogP contribution >= 0.6 is 57.3 Å². The number of thioether (sulfide) groups is 1. The minimum Gasteiger partial charge on any atom is -0.128 e. The largest absolute Gasteiger partial charge is 0.128 e. The predicted molar refractivity (Wildman–Crippen MR) is 71.3 cm³/mol. The lowest BCUT2D eigenvalue weighted by atomic mass is 10.3. The van der Waals surface area contributed by atoms with Crippen molar-refractivity contribution >= 4 is 67.4 Å². The number of hydrogen-bond acceptors (Lipinski definition) is 2. The van der Waals surface area contributed by atoms with Crippen molar-refractivity contribution in [1.82, 2.24) is 0 Å². The van der Waals surface area contributed by atoms with Crippen LogP contribution in [0, 0.1) is 3.57 Å². The summed E-state index contributed by atoms with van der Waals surface area (Å²) in [6.45, 7) is 0. The lowest BCUT2D eigenvalue weighted by Gasteiger charge is -1.94. The zero-order valence-electron chi connectivity index (χ0n) is 6.80. The molecule has 2 rings (SSSR count). The van der Waals surface area contributed by atoms with Crippen molar-refractivity contribution in [2.24, 2.45) is 0 Å². The van der Waals surface area contributed by atoms with Crippen LogP contribution in [0.2, 0.25) is 5.02 Å². The van der Waals surface area contributed by atoms with Crippen LogP contribution < -0.4 is 0 Å². The molecule has 0 saturated carbocycles. The van der Waals surface area contributed by atoms with Crippen LogP contribution in [0.4, 0.5) is 0 Å². The molecular weight excluding hydrogens is 335 g/mol. The highest BCUT2D eigenvalue weighted by atomic mass is 127. The Morgan fingerprint density at radius 2 is 2.15 bits per heavy atom. The molecule has 2 aromatic rings. The summed E-state index contributed by atoms with van der Waals surface area (Å²) in [6.07, 6.45) is 2.10. The van der Waals surface area contributed by atoms with Gasteiger partial charge in [-0.05, 0) is 52.4 Å². The molecule has 0 aliphatic carbocycles. The van der Waals surface area contributed by atoms with Crippen molar-refractivity contribution in [2.75, 3.05) is 6.26 Å². The molecule has 1 aromatic heterocycles. The first-order chi connectivity index (χ1) is 6.20. The molecule has 0 atom stereocenters. The maximum absolute atomic E-state index is 5.97. The van der Waals surface area contributed by atoms with Gasteiger partial charge in [0.2, 0.25) is 0 Å². The maximum atomic E-state index is 5.97. The smallest absolute Gasteiger partial charge is 0.0608 e. The fourth-order valence-corrected chi connectivity index (χ4v) is 4.15. The molecule has 68 valence electrons. The minimum atomic E-state index is 0.822. The Balaban J connectivity index is 2.75. The van der Waals surface area contributed by atoms with Crippen molar-refractivity contribution in [1.29, 1.82) is 0 Å². The van der Waals surface area contributed by atoms with Crippen molar-refractivity contribution in [3.8, 4) is 0 Å². The highest BCUT2D eigenvalue weighted by Crippen LogP contribution is 2.36. The Hall–Kier alpha value is 0.550. The third-order valence-corrected chi connectivity index (χ3v) is 5.40. The number of thiophene rings is 1. The van der Waals surface area contributed by atoms with Gasteiger partial charge < -0.3 is 0 Å². The van der Waals surface area contributed by atoms with Crippen LogP contribution in [-0.4, -0.2) is 6.26 Å². The number of fused-ring (bicyclic) bond motifs is 1. The second-order valence-corrected chi connectivity index (χ2v) is 6.33.